The molecule has 28 heavy (non-hydrogen) atoms. The van der Waals surface area contributed by atoms with Crippen LogP contribution in [0.3, 0.4) is 0 Å². The summed E-state index contributed by atoms with van der Waals surface area (Å²) in [4.78, 5) is 29.4. The Morgan fingerprint density at radius 3 is 2.21 bits per heavy atom. The third-order valence-electron chi connectivity index (χ3n) is 6.25. The highest BCUT2D eigenvalue weighted by atomic mass is 16.2. The van der Waals surface area contributed by atoms with Crippen molar-refractivity contribution in [3.63, 3.8) is 0 Å². The van der Waals surface area contributed by atoms with E-state index in [-0.39, 0.29) is 17.7 Å². The average Bonchev–Trinajstić information content (AvgIpc) is 2.94. The van der Waals surface area contributed by atoms with Crippen LogP contribution in [-0.2, 0) is 4.79 Å². The van der Waals surface area contributed by atoms with Gasteiger partial charge in [-0.3, -0.25) is 9.59 Å². The predicted octanol–water partition coefficient (Wildman–Crippen LogP) is 3.49. The summed E-state index contributed by atoms with van der Waals surface area (Å²) in [6.07, 6.45) is 3.23. The van der Waals surface area contributed by atoms with Crippen LogP contribution in [0, 0.1) is 26.7 Å². The van der Waals surface area contributed by atoms with Crippen molar-refractivity contribution in [2.75, 3.05) is 26.2 Å². The number of rotatable bonds is 3. The van der Waals surface area contributed by atoms with Gasteiger partial charge in [-0.05, 0) is 57.4 Å². The minimum atomic E-state index is 0.0720. The van der Waals surface area contributed by atoms with E-state index >= 15 is 0 Å². The van der Waals surface area contributed by atoms with Crippen LogP contribution < -0.4 is 0 Å². The quantitative estimate of drug-likeness (QED) is 0.820. The van der Waals surface area contributed by atoms with E-state index in [1.54, 1.807) is 0 Å². The Bertz CT molecular complexity index is 903. The van der Waals surface area contributed by atoms with Crippen molar-refractivity contribution in [3.05, 3.63) is 52.8 Å². The highest BCUT2D eigenvalue weighted by Crippen LogP contribution is 2.29. The number of aromatic nitrogens is 1. The molecule has 2 aliphatic rings. The molecule has 0 atom stereocenters. The van der Waals surface area contributed by atoms with Crippen LogP contribution in [0.5, 0.6) is 0 Å². The Kier molecular flexibility index (Phi) is 5.00. The number of carbonyl (C=O) groups is 2. The van der Waals surface area contributed by atoms with E-state index in [1.165, 1.54) is 12.0 Å². The molecule has 0 N–H and O–H groups in total. The van der Waals surface area contributed by atoms with Gasteiger partial charge in [-0.1, -0.05) is 18.6 Å². The maximum Gasteiger partial charge on any atom is 0.255 e. The first kappa shape index (κ1) is 18.8. The van der Waals surface area contributed by atoms with Crippen molar-refractivity contribution < 1.29 is 9.59 Å². The lowest BCUT2D eigenvalue weighted by molar-refractivity contribution is -0.139. The molecule has 5 heteroatoms. The zero-order valence-corrected chi connectivity index (χ0v) is 17.1. The summed E-state index contributed by atoms with van der Waals surface area (Å²) in [5.41, 5.74) is 5.08. The van der Waals surface area contributed by atoms with Gasteiger partial charge in [0.25, 0.3) is 5.91 Å². The van der Waals surface area contributed by atoms with Gasteiger partial charge < -0.3 is 14.4 Å². The number of benzene rings is 1. The van der Waals surface area contributed by atoms with E-state index in [4.69, 9.17) is 0 Å². The van der Waals surface area contributed by atoms with Crippen molar-refractivity contribution in [3.8, 4) is 5.69 Å². The van der Waals surface area contributed by atoms with Crippen molar-refractivity contribution >= 4 is 11.8 Å². The average molecular weight is 380 g/mol. The molecule has 2 aromatic rings. The van der Waals surface area contributed by atoms with E-state index in [9.17, 15) is 9.59 Å². The van der Waals surface area contributed by atoms with Crippen molar-refractivity contribution in [1.29, 1.82) is 0 Å². The molecule has 0 spiro atoms. The van der Waals surface area contributed by atoms with E-state index in [1.807, 2.05) is 35.8 Å². The van der Waals surface area contributed by atoms with Crippen LogP contribution in [0.15, 0.2) is 30.3 Å². The number of hydrogen-bond acceptors (Lipinski definition) is 2. The molecular weight excluding hydrogens is 350 g/mol. The smallest absolute Gasteiger partial charge is 0.255 e. The highest BCUT2D eigenvalue weighted by Gasteiger charge is 2.32. The van der Waals surface area contributed by atoms with E-state index in [0.717, 1.165) is 35.5 Å². The standard InChI is InChI=1S/C23H29N3O2/c1-16-6-4-9-20(14-16)26-17(2)15-21(18(26)3)23(28)25-12-10-24(11-13-25)22(27)19-7-5-8-19/h4,6,9,14-15,19H,5,7-8,10-13H2,1-3H3. The summed E-state index contributed by atoms with van der Waals surface area (Å²) in [5.74, 6) is 0.592. The van der Waals surface area contributed by atoms with Crippen molar-refractivity contribution in [1.82, 2.24) is 14.4 Å². The van der Waals surface area contributed by atoms with Crippen LogP contribution in [0.25, 0.3) is 5.69 Å². The van der Waals surface area contributed by atoms with Crippen LogP contribution in [0.1, 0.15) is 46.6 Å². The van der Waals surface area contributed by atoms with Gasteiger partial charge in [-0.15, -0.1) is 0 Å². The molecule has 1 aromatic carbocycles. The molecule has 2 amide bonds. The van der Waals surface area contributed by atoms with Gasteiger partial charge in [0.1, 0.15) is 0 Å². The Balaban J connectivity index is 1.48. The van der Waals surface area contributed by atoms with E-state index < -0.39 is 0 Å². The second-order valence-electron chi connectivity index (χ2n) is 8.20. The molecular formula is C23H29N3O2. The molecule has 1 aliphatic heterocycles. The van der Waals surface area contributed by atoms with Gasteiger partial charge in [-0.2, -0.15) is 0 Å². The van der Waals surface area contributed by atoms with Crippen LogP contribution in [-0.4, -0.2) is 52.4 Å². The fraction of sp³-hybridized carbons (Fsp3) is 0.478. The zero-order chi connectivity index (χ0) is 19.8. The summed E-state index contributed by atoms with van der Waals surface area (Å²) in [6, 6.07) is 10.3. The second kappa shape index (κ2) is 7.46. The normalized spacial score (nSPS) is 17.5. The number of nitrogens with zero attached hydrogens (tertiary/aromatic N) is 3. The fourth-order valence-electron chi connectivity index (χ4n) is 4.36. The lowest BCUT2D eigenvalue weighted by Gasteiger charge is -2.38. The molecule has 0 radical (unpaired) electrons. The molecule has 0 unspecified atom stereocenters. The monoisotopic (exact) mass is 379 g/mol. The molecule has 4 rings (SSSR count). The minimum absolute atomic E-state index is 0.0720. The molecule has 5 nitrogen and oxygen atoms in total. The largest absolute Gasteiger partial charge is 0.339 e. The number of amides is 2. The topological polar surface area (TPSA) is 45.6 Å². The number of aryl methyl sites for hydroxylation is 2. The Labute approximate surface area is 166 Å². The molecule has 2 heterocycles. The van der Waals surface area contributed by atoms with Gasteiger partial charge in [-0.25, -0.2) is 0 Å². The summed E-state index contributed by atoms with van der Waals surface area (Å²) in [7, 11) is 0. The van der Waals surface area contributed by atoms with E-state index in [2.05, 4.69) is 29.7 Å². The molecule has 1 aromatic heterocycles. The molecule has 0 bridgehead atoms. The minimum Gasteiger partial charge on any atom is -0.339 e. The predicted molar refractivity (Wildman–Crippen MR) is 110 cm³/mol. The van der Waals surface area contributed by atoms with Gasteiger partial charge in [0, 0.05) is 49.2 Å². The van der Waals surface area contributed by atoms with Crippen LogP contribution >= 0.6 is 0 Å². The Morgan fingerprint density at radius 1 is 0.929 bits per heavy atom. The van der Waals surface area contributed by atoms with Gasteiger partial charge in [0.05, 0.1) is 5.56 Å². The lowest BCUT2D eigenvalue weighted by Crippen LogP contribution is -2.52. The molecule has 1 aliphatic carbocycles. The number of hydrogen-bond donors (Lipinski definition) is 0. The van der Waals surface area contributed by atoms with E-state index in [0.29, 0.717) is 26.2 Å². The maximum atomic E-state index is 13.2. The van der Waals surface area contributed by atoms with Crippen molar-refractivity contribution in [2.45, 2.75) is 40.0 Å². The summed E-state index contributed by atoms with van der Waals surface area (Å²) < 4.78 is 2.15. The summed E-state index contributed by atoms with van der Waals surface area (Å²) >= 11 is 0. The fourth-order valence-corrected chi connectivity index (χ4v) is 4.36. The first-order valence-electron chi connectivity index (χ1n) is 10.3. The second-order valence-corrected chi connectivity index (χ2v) is 8.20. The first-order chi connectivity index (χ1) is 13.5. The SMILES string of the molecule is Cc1cccc(-n2c(C)cc(C(=O)N3CCN(C(=O)C4CCC4)CC3)c2C)c1. The highest BCUT2D eigenvalue weighted by molar-refractivity contribution is 5.96. The molecule has 2 fully saturated rings. The number of carbonyl (C=O) groups excluding carboxylic acids is 2. The maximum absolute atomic E-state index is 13.2. The van der Waals surface area contributed by atoms with Gasteiger partial charge in [0.15, 0.2) is 0 Å². The lowest BCUT2D eigenvalue weighted by atomic mass is 9.84. The van der Waals surface area contributed by atoms with Gasteiger partial charge >= 0.3 is 0 Å². The molecule has 148 valence electrons. The van der Waals surface area contributed by atoms with Crippen molar-refractivity contribution in [2.24, 2.45) is 5.92 Å². The Hall–Kier alpha value is -2.56. The summed E-state index contributed by atoms with van der Waals surface area (Å²) in [6.45, 7) is 8.67. The molecule has 1 saturated heterocycles. The zero-order valence-electron chi connectivity index (χ0n) is 17.1. The number of piperazine rings is 1. The molecule has 1 saturated carbocycles. The van der Waals surface area contributed by atoms with Crippen LogP contribution in [0.2, 0.25) is 0 Å². The van der Waals surface area contributed by atoms with Gasteiger partial charge in [0.2, 0.25) is 5.91 Å². The Morgan fingerprint density at radius 2 is 1.61 bits per heavy atom. The van der Waals surface area contributed by atoms with Crippen LogP contribution in [0.4, 0.5) is 0 Å². The third kappa shape index (κ3) is 3.34. The third-order valence-corrected chi connectivity index (χ3v) is 6.25. The summed E-state index contributed by atoms with van der Waals surface area (Å²) in [5, 5.41) is 0. The first-order valence-corrected chi connectivity index (χ1v) is 10.3.